The fourth-order valence-corrected chi connectivity index (χ4v) is 3.29. The number of ether oxygens (including phenoxy) is 1. The lowest BCUT2D eigenvalue weighted by Crippen LogP contribution is -1.97. The molecule has 1 atom stereocenters. The number of halogens is 3. The van der Waals surface area contributed by atoms with Crippen LogP contribution in [0.5, 0.6) is 5.75 Å². The van der Waals surface area contributed by atoms with Crippen LogP contribution in [0.2, 0.25) is 0 Å². The number of hydrogen-bond donors (Lipinski definition) is 0. The zero-order valence-corrected chi connectivity index (χ0v) is 14.3. The largest absolute Gasteiger partial charge is 0.493 e. The van der Waals surface area contributed by atoms with E-state index in [4.69, 9.17) is 16.3 Å². The van der Waals surface area contributed by atoms with Gasteiger partial charge in [0, 0.05) is 4.47 Å². The molecule has 2 aromatic rings. The summed E-state index contributed by atoms with van der Waals surface area (Å²) in [6.07, 6.45) is 0. The van der Waals surface area contributed by atoms with E-state index < -0.39 is 0 Å². The van der Waals surface area contributed by atoms with Gasteiger partial charge in [0.05, 0.1) is 16.5 Å². The quantitative estimate of drug-likeness (QED) is 0.573. The molecule has 0 aliphatic heterocycles. The molecule has 0 amide bonds. The Morgan fingerprint density at radius 3 is 2.47 bits per heavy atom. The molecule has 0 fully saturated rings. The van der Waals surface area contributed by atoms with Crippen molar-refractivity contribution < 1.29 is 4.74 Å². The van der Waals surface area contributed by atoms with Crippen molar-refractivity contribution in [3.8, 4) is 5.75 Å². The second kappa shape index (κ2) is 6.78. The average Bonchev–Trinajstić information content (AvgIpc) is 2.41. The summed E-state index contributed by atoms with van der Waals surface area (Å²) in [6.45, 7) is 2.61. The third-order valence-electron chi connectivity index (χ3n) is 2.73. The Labute approximate surface area is 135 Å². The molecule has 0 heterocycles. The third kappa shape index (κ3) is 3.53. The first-order valence-corrected chi connectivity index (χ1v) is 7.96. The summed E-state index contributed by atoms with van der Waals surface area (Å²) in [5.74, 6) is 0.835. The Hall–Kier alpha value is -0.510. The maximum absolute atomic E-state index is 6.55. The number of benzene rings is 2. The minimum atomic E-state index is -0.192. The van der Waals surface area contributed by atoms with Crippen molar-refractivity contribution in [2.75, 3.05) is 6.61 Å². The van der Waals surface area contributed by atoms with Gasteiger partial charge in [0.2, 0.25) is 0 Å². The molecule has 1 unspecified atom stereocenters. The van der Waals surface area contributed by atoms with Crippen LogP contribution in [0.3, 0.4) is 0 Å². The molecule has 4 heteroatoms. The zero-order chi connectivity index (χ0) is 13.8. The predicted octanol–water partition coefficient (Wildman–Crippen LogP) is 5.94. The second-order valence-corrected chi connectivity index (χ2v) is 6.15. The van der Waals surface area contributed by atoms with Gasteiger partial charge in [-0.2, -0.15) is 0 Å². The standard InChI is InChI=1S/C15H13Br2ClO/c1-2-19-14-8-7-10(9-13(14)17)15(18)11-5-3-4-6-12(11)16/h3-9,15H,2H2,1H3. The highest BCUT2D eigenvalue weighted by Gasteiger charge is 2.15. The summed E-state index contributed by atoms with van der Waals surface area (Å²) < 4.78 is 7.44. The van der Waals surface area contributed by atoms with Crippen molar-refractivity contribution in [2.24, 2.45) is 0 Å². The molecule has 0 bridgehead atoms. The van der Waals surface area contributed by atoms with Crippen LogP contribution >= 0.6 is 43.5 Å². The first-order valence-electron chi connectivity index (χ1n) is 5.94. The van der Waals surface area contributed by atoms with Gasteiger partial charge in [0.15, 0.2) is 0 Å². The van der Waals surface area contributed by atoms with Gasteiger partial charge in [-0.25, -0.2) is 0 Å². The van der Waals surface area contributed by atoms with E-state index in [1.807, 2.05) is 49.4 Å². The Morgan fingerprint density at radius 1 is 1.11 bits per heavy atom. The fraction of sp³-hybridized carbons (Fsp3) is 0.200. The van der Waals surface area contributed by atoms with Crippen molar-refractivity contribution in [1.29, 1.82) is 0 Å². The molecule has 2 aromatic carbocycles. The molecule has 0 saturated carbocycles. The molecule has 0 spiro atoms. The van der Waals surface area contributed by atoms with Gasteiger partial charge >= 0.3 is 0 Å². The first-order chi connectivity index (χ1) is 9.13. The minimum absolute atomic E-state index is 0.192. The van der Waals surface area contributed by atoms with Crippen LogP contribution in [0, 0.1) is 0 Å². The first kappa shape index (κ1) is 14.9. The number of hydrogen-bond acceptors (Lipinski definition) is 1. The summed E-state index contributed by atoms with van der Waals surface area (Å²) in [6, 6.07) is 13.9. The highest BCUT2D eigenvalue weighted by atomic mass is 79.9. The molecule has 100 valence electrons. The van der Waals surface area contributed by atoms with E-state index in [1.54, 1.807) is 0 Å². The summed E-state index contributed by atoms with van der Waals surface area (Å²) >= 11 is 13.6. The summed E-state index contributed by atoms with van der Waals surface area (Å²) in [5, 5.41) is -0.192. The summed E-state index contributed by atoms with van der Waals surface area (Å²) in [7, 11) is 0. The molecule has 0 N–H and O–H groups in total. The van der Waals surface area contributed by atoms with E-state index >= 15 is 0 Å². The fourth-order valence-electron chi connectivity index (χ4n) is 1.81. The molecular weight excluding hydrogens is 391 g/mol. The predicted molar refractivity (Wildman–Crippen MR) is 87.1 cm³/mol. The van der Waals surface area contributed by atoms with Crippen LogP contribution < -0.4 is 4.74 Å². The van der Waals surface area contributed by atoms with Crippen molar-refractivity contribution >= 4 is 43.5 Å². The molecule has 0 aromatic heterocycles. The zero-order valence-electron chi connectivity index (χ0n) is 10.4. The topological polar surface area (TPSA) is 9.23 Å². The van der Waals surface area contributed by atoms with Crippen molar-refractivity contribution in [1.82, 2.24) is 0 Å². The van der Waals surface area contributed by atoms with E-state index in [1.165, 1.54) is 0 Å². The van der Waals surface area contributed by atoms with E-state index in [0.717, 1.165) is 25.8 Å². The highest BCUT2D eigenvalue weighted by Crippen LogP contribution is 2.36. The second-order valence-electron chi connectivity index (χ2n) is 4.01. The Morgan fingerprint density at radius 2 is 1.84 bits per heavy atom. The van der Waals surface area contributed by atoms with Gasteiger partial charge in [-0.3, -0.25) is 0 Å². The summed E-state index contributed by atoms with van der Waals surface area (Å²) in [5.41, 5.74) is 2.09. The average molecular weight is 405 g/mol. The molecule has 0 aliphatic rings. The third-order valence-corrected chi connectivity index (χ3v) is 4.56. The van der Waals surface area contributed by atoms with E-state index in [0.29, 0.717) is 6.61 Å². The van der Waals surface area contributed by atoms with Crippen molar-refractivity contribution in [2.45, 2.75) is 12.3 Å². The number of alkyl halides is 1. The van der Waals surface area contributed by atoms with Gasteiger partial charge in [0.25, 0.3) is 0 Å². The van der Waals surface area contributed by atoms with Gasteiger partial charge in [-0.15, -0.1) is 11.6 Å². The van der Waals surface area contributed by atoms with Crippen LogP contribution in [0.15, 0.2) is 51.4 Å². The van der Waals surface area contributed by atoms with E-state index in [9.17, 15) is 0 Å². The van der Waals surface area contributed by atoms with Crippen LogP contribution in [-0.2, 0) is 0 Å². The Kier molecular flexibility index (Phi) is 5.31. The number of rotatable bonds is 4. The van der Waals surface area contributed by atoms with E-state index in [2.05, 4.69) is 31.9 Å². The lowest BCUT2D eigenvalue weighted by Gasteiger charge is -2.14. The lowest BCUT2D eigenvalue weighted by atomic mass is 10.0. The van der Waals surface area contributed by atoms with Gasteiger partial charge in [0.1, 0.15) is 5.75 Å². The van der Waals surface area contributed by atoms with Gasteiger partial charge in [-0.1, -0.05) is 40.2 Å². The Bertz CT molecular complexity index is 572. The van der Waals surface area contributed by atoms with Crippen LogP contribution in [0.4, 0.5) is 0 Å². The maximum atomic E-state index is 6.55. The molecule has 2 rings (SSSR count). The smallest absolute Gasteiger partial charge is 0.133 e. The lowest BCUT2D eigenvalue weighted by molar-refractivity contribution is 0.338. The normalized spacial score (nSPS) is 12.2. The SMILES string of the molecule is CCOc1ccc(C(Cl)c2ccccc2Br)cc1Br. The molecule has 1 nitrogen and oxygen atoms in total. The van der Waals surface area contributed by atoms with Crippen LogP contribution in [0.1, 0.15) is 23.4 Å². The monoisotopic (exact) mass is 402 g/mol. The molecular formula is C15H13Br2ClO. The Balaban J connectivity index is 2.32. The van der Waals surface area contributed by atoms with Crippen LogP contribution in [-0.4, -0.2) is 6.61 Å². The van der Waals surface area contributed by atoms with Crippen molar-refractivity contribution in [3.63, 3.8) is 0 Å². The molecule has 0 saturated heterocycles. The van der Waals surface area contributed by atoms with Crippen molar-refractivity contribution in [3.05, 3.63) is 62.5 Å². The van der Waals surface area contributed by atoms with E-state index in [-0.39, 0.29) is 5.38 Å². The minimum Gasteiger partial charge on any atom is -0.493 e. The van der Waals surface area contributed by atoms with Crippen LogP contribution in [0.25, 0.3) is 0 Å². The van der Waals surface area contributed by atoms with Gasteiger partial charge in [-0.05, 0) is 52.2 Å². The molecule has 0 radical (unpaired) electrons. The maximum Gasteiger partial charge on any atom is 0.133 e. The highest BCUT2D eigenvalue weighted by molar-refractivity contribution is 9.10. The van der Waals surface area contributed by atoms with Gasteiger partial charge < -0.3 is 4.74 Å². The summed E-state index contributed by atoms with van der Waals surface area (Å²) in [4.78, 5) is 0. The molecule has 19 heavy (non-hydrogen) atoms. The molecule has 0 aliphatic carbocycles.